The fraction of sp³-hybridized carbons (Fsp3) is 0.611. The van der Waals surface area contributed by atoms with E-state index >= 15 is 0 Å². The summed E-state index contributed by atoms with van der Waals surface area (Å²) in [4.78, 5) is 16.6. The van der Waals surface area contributed by atoms with Crippen LogP contribution in [0, 0.1) is 6.92 Å². The lowest BCUT2D eigenvalue weighted by Crippen LogP contribution is -2.47. The van der Waals surface area contributed by atoms with Gasteiger partial charge < -0.3 is 15.5 Å². The smallest absolute Gasteiger partial charge is 0.221 e. The van der Waals surface area contributed by atoms with Crippen LogP contribution in [0.2, 0.25) is 0 Å². The molecule has 1 saturated heterocycles. The summed E-state index contributed by atoms with van der Waals surface area (Å²) in [5.74, 6) is 0.156. The van der Waals surface area contributed by atoms with Crippen LogP contribution in [0.5, 0.6) is 0 Å². The van der Waals surface area contributed by atoms with E-state index in [2.05, 4.69) is 58.5 Å². The lowest BCUT2D eigenvalue weighted by atomic mass is 10.2. The Hall–Kier alpha value is -1.59. The molecule has 0 saturated carbocycles. The van der Waals surface area contributed by atoms with Crippen molar-refractivity contribution in [2.75, 3.05) is 57.3 Å². The van der Waals surface area contributed by atoms with Gasteiger partial charge in [0.15, 0.2) is 0 Å². The van der Waals surface area contributed by atoms with E-state index in [4.69, 9.17) is 0 Å². The van der Waals surface area contributed by atoms with Crippen molar-refractivity contribution in [2.24, 2.45) is 0 Å². The van der Waals surface area contributed by atoms with Crippen molar-refractivity contribution in [1.29, 1.82) is 0 Å². The van der Waals surface area contributed by atoms with Crippen molar-refractivity contribution in [3.63, 3.8) is 0 Å². The maximum absolute atomic E-state index is 11.8. The third-order valence-electron chi connectivity index (χ3n) is 4.27. The summed E-state index contributed by atoms with van der Waals surface area (Å²) in [5, 5.41) is 6.16. The van der Waals surface area contributed by atoms with Gasteiger partial charge in [0, 0.05) is 57.9 Å². The molecule has 1 fully saturated rings. The molecule has 1 aromatic carbocycles. The molecule has 5 heteroatoms. The van der Waals surface area contributed by atoms with Gasteiger partial charge in [-0.05, 0) is 31.2 Å². The molecule has 2 rings (SSSR count). The van der Waals surface area contributed by atoms with E-state index in [-0.39, 0.29) is 5.91 Å². The summed E-state index contributed by atoms with van der Waals surface area (Å²) in [6.45, 7) is 11.7. The lowest BCUT2D eigenvalue weighted by Gasteiger charge is -2.36. The number of amides is 1. The molecule has 23 heavy (non-hydrogen) atoms. The third-order valence-corrected chi connectivity index (χ3v) is 4.27. The quantitative estimate of drug-likeness (QED) is 0.708. The highest BCUT2D eigenvalue weighted by atomic mass is 16.1. The van der Waals surface area contributed by atoms with E-state index < -0.39 is 0 Å². The van der Waals surface area contributed by atoms with Crippen LogP contribution in [-0.2, 0) is 4.79 Å². The first-order valence-corrected chi connectivity index (χ1v) is 8.70. The highest BCUT2D eigenvalue weighted by Crippen LogP contribution is 2.17. The van der Waals surface area contributed by atoms with Crippen molar-refractivity contribution in [2.45, 2.75) is 20.3 Å². The van der Waals surface area contributed by atoms with Crippen LogP contribution in [0.1, 0.15) is 18.9 Å². The monoisotopic (exact) mass is 318 g/mol. The number of benzene rings is 1. The molecular weight excluding hydrogens is 288 g/mol. The molecule has 5 nitrogen and oxygen atoms in total. The highest BCUT2D eigenvalue weighted by molar-refractivity contribution is 5.76. The summed E-state index contributed by atoms with van der Waals surface area (Å²) in [7, 11) is 0. The SMILES string of the molecule is CCNCCNC(=O)CCN1CCN(c2cccc(C)c2)CC1. The number of likely N-dealkylation sites (N-methyl/N-ethyl adjacent to an activating group) is 1. The molecule has 128 valence electrons. The second kappa shape index (κ2) is 9.53. The van der Waals surface area contributed by atoms with Crippen molar-refractivity contribution >= 4 is 11.6 Å². The Morgan fingerprint density at radius 3 is 2.65 bits per heavy atom. The minimum atomic E-state index is 0.156. The number of nitrogens with zero attached hydrogens (tertiary/aromatic N) is 2. The van der Waals surface area contributed by atoms with Crippen LogP contribution >= 0.6 is 0 Å². The van der Waals surface area contributed by atoms with Gasteiger partial charge in [-0.1, -0.05) is 19.1 Å². The van der Waals surface area contributed by atoms with Gasteiger partial charge in [0.25, 0.3) is 0 Å². The molecule has 0 aliphatic carbocycles. The van der Waals surface area contributed by atoms with Crippen LogP contribution in [-0.4, -0.2) is 63.2 Å². The fourth-order valence-electron chi connectivity index (χ4n) is 2.87. The Bertz CT molecular complexity index is 484. The summed E-state index contributed by atoms with van der Waals surface area (Å²) >= 11 is 0. The van der Waals surface area contributed by atoms with E-state index in [1.807, 2.05) is 0 Å². The summed E-state index contributed by atoms with van der Waals surface area (Å²) in [6, 6.07) is 8.68. The zero-order valence-corrected chi connectivity index (χ0v) is 14.5. The van der Waals surface area contributed by atoms with Gasteiger partial charge >= 0.3 is 0 Å². The number of carbonyl (C=O) groups is 1. The molecule has 0 spiro atoms. The normalized spacial score (nSPS) is 15.7. The van der Waals surface area contributed by atoms with E-state index in [9.17, 15) is 4.79 Å². The minimum Gasteiger partial charge on any atom is -0.369 e. The standard InChI is InChI=1S/C18H30N4O/c1-3-19-8-9-20-18(23)7-10-21-11-13-22(14-12-21)17-6-4-5-16(2)15-17/h4-6,15,19H,3,7-14H2,1-2H3,(H,20,23). The van der Waals surface area contributed by atoms with E-state index in [1.165, 1.54) is 11.3 Å². The van der Waals surface area contributed by atoms with Gasteiger partial charge in [0.2, 0.25) is 5.91 Å². The topological polar surface area (TPSA) is 47.6 Å². The third kappa shape index (κ3) is 6.20. The zero-order valence-electron chi connectivity index (χ0n) is 14.5. The number of rotatable bonds is 8. The number of carbonyl (C=O) groups excluding carboxylic acids is 1. The number of piperazine rings is 1. The van der Waals surface area contributed by atoms with Gasteiger partial charge in [-0.2, -0.15) is 0 Å². The van der Waals surface area contributed by atoms with Crippen LogP contribution < -0.4 is 15.5 Å². The Morgan fingerprint density at radius 1 is 1.17 bits per heavy atom. The van der Waals surface area contributed by atoms with Crippen LogP contribution in [0.25, 0.3) is 0 Å². The predicted molar refractivity (Wildman–Crippen MR) is 96.0 cm³/mol. The zero-order chi connectivity index (χ0) is 16.5. The average molecular weight is 318 g/mol. The predicted octanol–water partition coefficient (Wildman–Crippen LogP) is 1.23. The van der Waals surface area contributed by atoms with Crippen molar-refractivity contribution in [1.82, 2.24) is 15.5 Å². The molecule has 1 aliphatic rings. The second-order valence-electron chi connectivity index (χ2n) is 6.12. The Kier molecular flexibility index (Phi) is 7.36. The first-order valence-electron chi connectivity index (χ1n) is 8.70. The molecule has 0 radical (unpaired) electrons. The highest BCUT2D eigenvalue weighted by Gasteiger charge is 2.17. The average Bonchev–Trinajstić information content (AvgIpc) is 2.57. The number of hydrogen-bond acceptors (Lipinski definition) is 4. The van der Waals surface area contributed by atoms with Gasteiger partial charge in [0.05, 0.1) is 0 Å². The van der Waals surface area contributed by atoms with E-state index in [0.29, 0.717) is 13.0 Å². The molecule has 0 atom stereocenters. The number of hydrogen-bond donors (Lipinski definition) is 2. The summed E-state index contributed by atoms with van der Waals surface area (Å²) < 4.78 is 0. The van der Waals surface area contributed by atoms with Gasteiger partial charge in [0.1, 0.15) is 0 Å². The number of aryl methyl sites for hydroxylation is 1. The molecular formula is C18H30N4O. The molecule has 0 bridgehead atoms. The number of nitrogens with one attached hydrogen (secondary N) is 2. The molecule has 1 heterocycles. The first-order chi connectivity index (χ1) is 11.2. The lowest BCUT2D eigenvalue weighted by molar-refractivity contribution is -0.121. The molecule has 1 aliphatic heterocycles. The maximum Gasteiger partial charge on any atom is 0.221 e. The fourth-order valence-corrected chi connectivity index (χ4v) is 2.87. The summed E-state index contributed by atoms with van der Waals surface area (Å²) in [6.07, 6.45) is 0.594. The second-order valence-corrected chi connectivity index (χ2v) is 6.12. The van der Waals surface area contributed by atoms with Gasteiger partial charge in [-0.3, -0.25) is 9.69 Å². The Balaban J connectivity index is 1.64. The van der Waals surface area contributed by atoms with Crippen LogP contribution in [0.3, 0.4) is 0 Å². The van der Waals surface area contributed by atoms with Crippen molar-refractivity contribution < 1.29 is 4.79 Å². The first kappa shape index (κ1) is 17.8. The van der Waals surface area contributed by atoms with Crippen LogP contribution in [0.4, 0.5) is 5.69 Å². The molecule has 2 N–H and O–H groups in total. The number of anilines is 1. The van der Waals surface area contributed by atoms with E-state index in [0.717, 1.165) is 45.8 Å². The molecule has 0 unspecified atom stereocenters. The Labute approximate surface area is 140 Å². The minimum absolute atomic E-state index is 0.156. The van der Waals surface area contributed by atoms with Crippen molar-refractivity contribution in [3.8, 4) is 0 Å². The molecule has 1 amide bonds. The molecule has 0 aromatic heterocycles. The van der Waals surface area contributed by atoms with Gasteiger partial charge in [-0.25, -0.2) is 0 Å². The van der Waals surface area contributed by atoms with Crippen molar-refractivity contribution in [3.05, 3.63) is 29.8 Å². The summed E-state index contributed by atoms with van der Waals surface area (Å²) in [5.41, 5.74) is 2.62. The maximum atomic E-state index is 11.8. The van der Waals surface area contributed by atoms with E-state index in [1.54, 1.807) is 0 Å². The van der Waals surface area contributed by atoms with Crippen LogP contribution in [0.15, 0.2) is 24.3 Å². The Morgan fingerprint density at radius 2 is 1.96 bits per heavy atom. The van der Waals surface area contributed by atoms with Gasteiger partial charge in [-0.15, -0.1) is 0 Å². The molecule has 1 aromatic rings. The largest absolute Gasteiger partial charge is 0.369 e.